The molecule has 1 fully saturated rings. The van der Waals surface area contributed by atoms with E-state index >= 15 is 0 Å². The van der Waals surface area contributed by atoms with Crippen LogP contribution in [-0.2, 0) is 4.79 Å². The molecule has 0 unspecified atom stereocenters. The van der Waals surface area contributed by atoms with E-state index in [-0.39, 0.29) is 0 Å². The molecule has 70 valence electrons. The molecule has 0 heterocycles. The number of carbonyl (C=O) groups excluding carboxylic acids is 1. The molecule has 1 rings (SSSR count). The molecule has 2 nitrogen and oxygen atoms in total. The number of hydrogen-bond donors (Lipinski definition) is 0. The van der Waals surface area contributed by atoms with Crippen molar-refractivity contribution in [3.05, 3.63) is 0 Å². The second kappa shape index (κ2) is 4.61. The van der Waals surface area contributed by atoms with Crippen LogP contribution in [-0.4, -0.2) is 31.3 Å². The van der Waals surface area contributed by atoms with Gasteiger partial charge in [0.1, 0.15) is 5.78 Å². The first-order chi connectivity index (χ1) is 5.70. The van der Waals surface area contributed by atoms with Gasteiger partial charge >= 0.3 is 0 Å². The molecule has 0 aromatic rings. The maximum Gasteiger partial charge on any atom is 0.149 e. The molecule has 1 saturated carbocycles. The molecule has 0 spiro atoms. The number of hydrogen-bond acceptors (Lipinski definition) is 2. The van der Waals surface area contributed by atoms with Crippen molar-refractivity contribution in [3.8, 4) is 0 Å². The van der Waals surface area contributed by atoms with Crippen LogP contribution in [0.5, 0.6) is 0 Å². The Balaban J connectivity index is 2.30. The number of Topliss-reactive ketones (excluding diaryl/α,β-unsaturated/α-hetero) is 1. The van der Waals surface area contributed by atoms with Crippen molar-refractivity contribution < 1.29 is 4.79 Å². The lowest BCUT2D eigenvalue weighted by molar-refractivity contribution is -0.124. The van der Waals surface area contributed by atoms with E-state index in [1.165, 1.54) is 19.3 Å². The van der Waals surface area contributed by atoms with Gasteiger partial charge in [0.25, 0.3) is 0 Å². The fraction of sp³-hybridized carbons (Fsp3) is 0.900. The zero-order valence-corrected chi connectivity index (χ0v) is 8.18. The second-order valence-corrected chi connectivity index (χ2v) is 4.04. The molecule has 0 bridgehead atoms. The highest BCUT2D eigenvalue weighted by atomic mass is 16.1. The average Bonchev–Trinajstić information content (AvgIpc) is 2.05. The first-order valence-electron chi connectivity index (χ1n) is 4.87. The SMILES string of the molecule is CN(C)CC(=O)C1CCCCC1. The number of nitrogens with zero attached hydrogens (tertiary/aromatic N) is 1. The Kier molecular flexibility index (Phi) is 3.73. The minimum Gasteiger partial charge on any atom is -0.302 e. The summed E-state index contributed by atoms with van der Waals surface area (Å²) in [5, 5.41) is 0. The first-order valence-corrected chi connectivity index (χ1v) is 4.87. The van der Waals surface area contributed by atoms with Crippen molar-refractivity contribution in [1.29, 1.82) is 0 Å². The van der Waals surface area contributed by atoms with Gasteiger partial charge in [-0.15, -0.1) is 0 Å². The second-order valence-electron chi connectivity index (χ2n) is 4.04. The maximum atomic E-state index is 11.6. The van der Waals surface area contributed by atoms with Gasteiger partial charge in [0.2, 0.25) is 0 Å². The van der Waals surface area contributed by atoms with E-state index in [0.717, 1.165) is 12.8 Å². The quantitative estimate of drug-likeness (QED) is 0.641. The van der Waals surface area contributed by atoms with Crippen LogP contribution in [0.4, 0.5) is 0 Å². The Morgan fingerprint density at radius 2 is 1.83 bits per heavy atom. The highest BCUT2D eigenvalue weighted by Gasteiger charge is 2.20. The molecule has 2 heteroatoms. The normalized spacial score (nSPS) is 19.9. The molecule has 1 aliphatic carbocycles. The van der Waals surface area contributed by atoms with Crippen LogP contribution in [0.15, 0.2) is 0 Å². The molecular weight excluding hydrogens is 150 g/mol. The van der Waals surface area contributed by atoms with E-state index in [1.807, 2.05) is 19.0 Å². The van der Waals surface area contributed by atoms with Gasteiger partial charge in [0.15, 0.2) is 0 Å². The molecular formula is C10H19NO. The average molecular weight is 169 g/mol. The zero-order chi connectivity index (χ0) is 8.97. The van der Waals surface area contributed by atoms with Gasteiger partial charge in [0.05, 0.1) is 6.54 Å². The van der Waals surface area contributed by atoms with E-state index in [2.05, 4.69) is 0 Å². The molecule has 0 amide bonds. The summed E-state index contributed by atoms with van der Waals surface area (Å²) in [6.45, 7) is 0.630. The summed E-state index contributed by atoms with van der Waals surface area (Å²) in [4.78, 5) is 13.5. The third-order valence-corrected chi connectivity index (χ3v) is 2.53. The molecule has 0 radical (unpaired) electrons. The van der Waals surface area contributed by atoms with Gasteiger partial charge in [-0.2, -0.15) is 0 Å². The Bertz CT molecular complexity index is 148. The van der Waals surface area contributed by atoms with Crippen LogP contribution in [0.25, 0.3) is 0 Å². The predicted molar refractivity (Wildman–Crippen MR) is 50.1 cm³/mol. The molecule has 0 aromatic carbocycles. The largest absolute Gasteiger partial charge is 0.302 e. The third kappa shape index (κ3) is 2.94. The van der Waals surface area contributed by atoms with E-state index in [9.17, 15) is 4.79 Å². The first kappa shape index (κ1) is 9.72. The summed E-state index contributed by atoms with van der Waals surface area (Å²) in [6.07, 6.45) is 6.10. The van der Waals surface area contributed by atoms with Gasteiger partial charge < -0.3 is 4.90 Å². The number of carbonyl (C=O) groups is 1. The summed E-state index contributed by atoms with van der Waals surface area (Å²) in [5.41, 5.74) is 0. The van der Waals surface area contributed by atoms with Crippen molar-refractivity contribution in [2.24, 2.45) is 5.92 Å². The zero-order valence-electron chi connectivity index (χ0n) is 8.18. The Morgan fingerprint density at radius 1 is 1.25 bits per heavy atom. The van der Waals surface area contributed by atoms with Crippen LogP contribution in [0.1, 0.15) is 32.1 Å². The summed E-state index contributed by atoms with van der Waals surface area (Å²) in [7, 11) is 3.92. The van der Waals surface area contributed by atoms with Crippen molar-refractivity contribution >= 4 is 5.78 Å². The van der Waals surface area contributed by atoms with Gasteiger partial charge in [-0.3, -0.25) is 4.79 Å². The minimum atomic E-state index is 0.376. The molecule has 0 N–H and O–H groups in total. The van der Waals surface area contributed by atoms with Crippen molar-refractivity contribution in [1.82, 2.24) is 4.90 Å². The number of likely N-dealkylation sites (N-methyl/N-ethyl adjacent to an activating group) is 1. The van der Waals surface area contributed by atoms with Crippen LogP contribution in [0.3, 0.4) is 0 Å². The van der Waals surface area contributed by atoms with Crippen molar-refractivity contribution in [3.63, 3.8) is 0 Å². The Morgan fingerprint density at radius 3 is 2.33 bits per heavy atom. The molecule has 1 aliphatic rings. The highest BCUT2D eigenvalue weighted by Crippen LogP contribution is 2.24. The Hall–Kier alpha value is -0.370. The maximum absolute atomic E-state index is 11.6. The Labute approximate surface area is 74.9 Å². The van der Waals surface area contributed by atoms with Crippen molar-refractivity contribution in [2.45, 2.75) is 32.1 Å². The summed E-state index contributed by atoms with van der Waals surface area (Å²) in [6, 6.07) is 0. The molecule has 0 aliphatic heterocycles. The van der Waals surface area contributed by atoms with E-state index in [0.29, 0.717) is 18.2 Å². The van der Waals surface area contributed by atoms with Crippen LogP contribution < -0.4 is 0 Å². The van der Waals surface area contributed by atoms with E-state index in [1.54, 1.807) is 0 Å². The lowest BCUT2D eigenvalue weighted by atomic mass is 9.86. The molecule has 0 aromatic heterocycles. The minimum absolute atomic E-state index is 0.376. The van der Waals surface area contributed by atoms with Crippen LogP contribution in [0.2, 0.25) is 0 Å². The van der Waals surface area contributed by atoms with E-state index < -0.39 is 0 Å². The molecule has 0 atom stereocenters. The van der Waals surface area contributed by atoms with Gasteiger partial charge in [0, 0.05) is 5.92 Å². The highest BCUT2D eigenvalue weighted by molar-refractivity contribution is 5.82. The lowest BCUT2D eigenvalue weighted by Gasteiger charge is -2.21. The predicted octanol–water partition coefficient (Wildman–Crippen LogP) is 1.70. The van der Waals surface area contributed by atoms with Gasteiger partial charge in [-0.1, -0.05) is 19.3 Å². The van der Waals surface area contributed by atoms with Crippen molar-refractivity contribution in [2.75, 3.05) is 20.6 Å². The van der Waals surface area contributed by atoms with Gasteiger partial charge in [-0.25, -0.2) is 0 Å². The topological polar surface area (TPSA) is 20.3 Å². The summed E-state index contributed by atoms with van der Waals surface area (Å²) < 4.78 is 0. The fourth-order valence-electron chi connectivity index (χ4n) is 1.87. The number of rotatable bonds is 3. The van der Waals surface area contributed by atoms with E-state index in [4.69, 9.17) is 0 Å². The summed E-state index contributed by atoms with van der Waals surface area (Å²) >= 11 is 0. The lowest BCUT2D eigenvalue weighted by Crippen LogP contribution is -2.28. The number of ketones is 1. The standard InChI is InChI=1S/C10H19NO/c1-11(2)8-10(12)9-6-4-3-5-7-9/h9H,3-8H2,1-2H3. The summed E-state index contributed by atoms with van der Waals surface area (Å²) in [5.74, 6) is 0.820. The third-order valence-electron chi connectivity index (χ3n) is 2.53. The fourth-order valence-corrected chi connectivity index (χ4v) is 1.87. The smallest absolute Gasteiger partial charge is 0.149 e. The molecule has 12 heavy (non-hydrogen) atoms. The monoisotopic (exact) mass is 169 g/mol. The molecule has 0 saturated heterocycles. The van der Waals surface area contributed by atoms with Crippen LogP contribution >= 0.6 is 0 Å². The van der Waals surface area contributed by atoms with Gasteiger partial charge in [-0.05, 0) is 26.9 Å². The van der Waals surface area contributed by atoms with Crippen LogP contribution in [0, 0.1) is 5.92 Å².